The Bertz CT molecular complexity index is 773. The quantitative estimate of drug-likeness (QED) is 0.534. The molecule has 1 nitrogen and oxygen atoms in total. The SMILES string of the molecule is CCCCC(C)c1nc2c(ccc3ccccc32)cc1C. The van der Waals surface area contributed by atoms with Gasteiger partial charge < -0.3 is 0 Å². The summed E-state index contributed by atoms with van der Waals surface area (Å²) in [7, 11) is 0. The zero-order valence-corrected chi connectivity index (χ0v) is 13.2. The van der Waals surface area contributed by atoms with Crippen molar-refractivity contribution in [3.63, 3.8) is 0 Å². The van der Waals surface area contributed by atoms with E-state index in [4.69, 9.17) is 4.98 Å². The smallest absolute Gasteiger partial charge is 0.0783 e. The van der Waals surface area contributed by atoms with Crippen LogP contribution in [-0.4, -0.2) is 4.98 Å². The van der Waals surface area contributed by atoms with Crippen LogP contribution in [0, 0.1) is 6.92 Å². The number of hydrogen-bond donors (Lipinski definition) is 0. The summed E-state index contributed by atoms with van der Waals surface area (Å²) in [5.41, 5.74) is 3.74. The Labute approximate surface area is 127 Å². The van der Waals surface area contributed by atoms with E-state index < -0.39 is 0 Å². The Morgan fingerprint density at radius 1 is 1.05 bits per heavy atom. The number of benzene rings is 2. The van der Waals surface area contributed by atoms with Crippen molar-refractivity contribution in [2.75, 3.05) is 0 Å². The second-order valence-corrected chi connectivity index (χ2v) is 6.09. The highest BCUT2D eigenvalue weighted by molar-refractivity contribution is 6.05. The maximum atomic E-state index is 5.06. The molecular formula is C20H23N. The van der Waals surface area contributed by atoms with Crippen LogP contribution < -0.4 is 0 Å². The largest absolute Gasteiger partial charge is 0.252 e. The fraction of sp³-hybridized carbons (Fsp3) is 0.350. The average Bonchev–Trinajstić information content (AvgIpc) is 2.51. The van der Waals surface area contributed by atoms with Crippen molar-refractivity contribution in [3.05, 3.63) is 53.7 Å². The van der Waals surface area contributed by atoms with Crippen LogP contribution in [0.5, 0.6) is 0 Å². The zero-order chi connectivity index (χ0) is 14.8. The molecule has 108 valence electrons. The van der Waals surface area contributed by atoms with Crippen LogP contribution >= 0.6 is 0 Å². The predicted molar refractivity (Wildman–Crippen MR) is 91.9 cm³/mol. The van der Waals surface area contributed by atoms with Gasteiger partial charge in [-0.1, -0.05) is 63.1 Å². The van der Waals surface area contributed by atoms with Crippen molar-refractivity contribution in [2.24, 2.45) is 0 Å². The number of pyridine rings is 1. The van der Waals surface area contributed by atoms with Crippen LogP contribution in [0.1, 0.15) is 50.3 Å². The third-order valence-corrected chi connectivity index (χ3v) is 4.40. The molecule has 21 heavy (non-hydrogen) atoms. The second kappa shape index (κ2) is 5.85. The average molecular weight is 277 g/mol. The molecule has 1 heterocycles. The van der Waals surface area contributed by atoms with E-state index in [9.17, 15) is 0 Å². The van der Waals surface area contributed by atoms with Gasteiger partial charge in [0.15, 0.2) is 0 Å². The standard InChI is InChI=1S/C20H23N/c1-4-5-8-14(2)19-15(3)13-17-12-11-16-9-6-7-10-18(16)20(17)21-19/h6-7,9-14H,4-5,8H2,1-3H3. The predicted octanol–water partition coefficient (Wildman–Crippen LogP) is 5.99. The van der Waals surface area contributed by atoms with Gasteiger partial charge in [0.1, 0.15) is 0 Å². The lowest BCUT2D eigenvalue weighted by Gasteiger charge is -2.15. The molecule has 0 aliphatic rings. The number of aromatic nitrogens is 1. The molecule has 0 saturated carbocycles. The lowest BCUT2D eigenvalue weighted by molar-refractivity contribution is 0.610. The highest BCUT2D eigenvalue weighted by atomic mass is 14.7. The Morgan fingerprint density at radius 3 is 2.62 bits per heavy atom. The molecule has 0 fully saturated rings. The van der Waals surface area contributed by atoms with Crippen LogP contribution in [-0.2, 0) is 0 Å². The zero-order valence-electron chi connectivity index (χ0n) is 13.2. The maximum absolute atomic E-state index is 5.06. The summed E-state index contributed by atoms with van der Waals surface area (Å²) in [6.45, 7) is 6.75. The molecule has 0 saturated heterocycles. The molecule has 3 aromatic rings. The Balaban J connectivity index is 2.18. The first-order chi connectivity index (χ1) is 10.2. The van der Waals surface area contributed by atoms with Gasteiger partial charge in [-0.05, 0) is 36.3 Å². The topological polar surface area (TPSA) is 12.9 Å². The lowest BCUT2D eigenvalue weighted by Crippen LogP contribution is -2.01. The number of aryl methyl sites for hydroxylation is 1. The third-order valence-electron chi connectivity index (χ3n) is 4.40. The minimum absolute atomic E-state index is 0.535. The summed E-state index contributed by atoms with van der Waals surface area (Å²) < 4.78 is 0. The molecule has 0 spiro atoms. The van der Waals surface area contributed by atoms with Gasteiger partial charge in [0.05, 0.1) is 5.52 Å². The molecule has 2 aromatic carbocycles. The van der Waals surface area contributed by atoms with Gasteiger partial charge in [-0.3, -0.25) is 4.98 Å². The fourth-order valence-corrected chi connectivity index (χ4v) is 3.17. The van der Waals surface area contributed by atoms with Gasteiger partial charge in [0.2, 0.25) is 0 Å². The number of fused-ring (bicyclic) bond motifs is 3. The van der Waals surface area contributed by atoms with Gasteiger partial charge in [0.25, 0.3) is 0 Å². The normalized spacial score (nSPS) is 12.9. The van der Waals surface area contributed by atoms with Gasteiger partial charge in [-0.25, -0.2) is 0 Å². The molecule has 1 heteroatoms. The molecule has 1 aromatic heterocycles. The van der Waals surface area contributed by atoms with E-state index in [-0.39, 0.29) is 0 Å². The monoisotopic (exact) mass is 277 g/mol. The Kier molecular flexibility index (Phi) is 3.92. The molecule has 0 aliphatic heterocycles. The first-order valence-corrected chi connectivity index (χ1v) is 7.99. The van der Waals surface area contributed by atoms with E-state index in [1.807, 2.05) is 0 Å². The summed E-state index contributed by atoms with van der Waals surface area (Å²) in [6, 6.07) is 15.2. The summed E-state index contributed by atoms with van der Waals surface area (Å²) in [4.78, 5) is 5.06. The van der Waals surface area contributed by atoms with Crippen molar-refractivity contribution < 1.29 is 0 Å². The summed E-state index contributed by atoms with van der Waals surface area (Å²) in [5.74, 6) is 0.535. The van der Waals surface area contributed by atoms with Crippen LogP contribution in [0.2, 0.25) is 0 Å². The molecule has 0 N–H and O–H groups in total. The van der Waals surface area contributed by atoms with Gasteiger partial charge >= 0.3 is 0 Å². The summed E-state index contributed by atoms with van der Waals surface area (Å²) in [6.07, 6.45) is 3.75. The van der Waals surface area contributed by atoms with Crippen molar-refractivity contribution in [2.45, 2.75) is 46.0 Å². The van der Waals surface area contributed by atoms with E-state index >= 15 is 0 Å². The Hall–Kier alpha value is -1.89. The van der Waals surface area contributed by atoms with Gasteiger partial charge in [0, 0.05) is 16.5 Å². The molecule has 0 radical (unpaired) electrons. The molecule has 0 amide bonds. The minimum atomic E-state index is 0.535. The molecule has 1 unspecified atom stereocenters. The number of nitrogens with zero attached hydrogens (tertiary/aromatic N) is 1. The van der Waals surface area contributed by atoms with Crippen LogP contribution in [0.25, 0.3) is 21.7 Å². The van der Waals surface area contributed by atoms with E-state index in [0.29, 0.717) is 5.92 Å². The van der Waals surface area contributed by atoms with Crippen molar-refractivity contribution in [1.82, 2.24) is 4.98 Å². The summed E-state index contributed by atoms with van der Waals surface area (Å²) >= 11 is 0. The molecule has 0 bridgehead atoms. The first-order valence-electron chi connectivity index (χ1n) is 7.99. The van der Waals surface area contributed by atoms with Crippen LogP contribution in [0.3, 0.4) is 0 Å². The van der Waals surface area contributed by atoms with Crippen LogP contribution in [0.4, 0.5) is 0 Å². The molecule has 3 rings (SSSR count). The highest BCUT2D eigenvalue weighted by Crippen LogP contribution is 2.29. The molecule has 1 atom stereocenters. The van der Waals surface area contributed by atoms with E-state index in [2.05, 4.69) is 63.2 Å². The molecular weight excluding hydrogens is 254 g/mol. The molecule has 0 aliphatic carbocycles. The van der Waals surface area contributed by atoms with E-state index in [1.165, 1.54) is 46.7 Å². The minimum Gasteiger partial charge on any atom is -0.252 e. The van der Waals surface area contributed by atoms with Crippen molar-refractivity contribution in [3.8, 4) is 0 Å². The highest BCUT2D eigenvalue weighted by Gasteiger charge is 2.12. The van der Waals surface area contributed by atoms with Crippen LogP contribution in [0.15, 0.2) is 42.5 Å². The lowest BCUT2D eigenvalue weighted by atomic mass is 9.95. The van der Waals surface area contributed by atoms with Crippen molar-refractivity contribution >= 4 is 21.7 Å². The van der Waals surface area contributed by atoms with Gasteiger partial charge in [-0.15, -0.1) is 0 Å². The Morgan fingerprint density at radius 2 is 1.81 bits per heavy atom. The first kappa shape index (κ1) is 14.1. The summed E-state index contributed by atoms with van der Waals surface area (Å²) in [5, 5.41) is 3.78. The third kappa shape index (κ3) is 2.65. The van der Waals surface area contributed by atoms with Crippen molar-refractivity contribution in [1.29, 1.82) is 0 Å². The van der Waals surface area contributed by atoms with Gasteiger partial charge in [-0.2, -0.15) is 0 Å². The van der Waals surface area contributed by atoms with E-state index in [1.54, 1.807) is 0 Å². The fourth-order valence-electron chi connectivity index (χ4n) is 3.17. The maximum Gasteiger partial charge on any atom is 0.0783 e. The number of unbranched alkanes of at least 4 members (excludes halogenated alkanes) is 1. The van der Waals surface area contributed by atoms with E-state index in [0.717, 1.165) is 5.52 Å². The number of hydrogen-bond acceptors (Lipinski definition) is 1. The second-order valence-electron chi connectivity index (χ2n) is 6.09. The number of rotatable bonds is 4.